The highest BCUT2D eigenvalue weighted by Gasteiger charge is 2.41. The number of methoxy groups -OCH3 is 1. The Morgan fingerprint density at radius 1 is 1.33 bits per heavy atom. The lowest BCUT2D eigenvalue weighted by atomic mass is 10.0. The molecule has 8 heteroatoms. The second-order valence-electron chi connectivity index (χ2n) is 5.37. The number of carbonyl (C=O) groups is 3. The summed E-state index contributed by atoms with van der Waals surface area (Å²) in [6, 6.07) is -1.53. The molecule has 0 aromatic rings. The van der Waals surface area contributed by atoms with Gasteiger partial charge in [-0.05, 0) is 5.92 Å². The van der Waals surface area contributed by atoms with Crippen molar-refractivity contribution in [2.75, 3.05) is 20.7 Å². The van der Waals surface area contributed by atoms with Gasteiger partial charge in [0.15, 0.2) is 0 Å². The number of β-amino-alcohol motifs (C(OH)–C–C–N with tert-alkyl or cyclic N) is 1. The maximum Gasteiger partial charge on any atom is 0.407 e. The monoisotopic (exact) mass is 301 g/mol. The molecule has 1 fully saturated rings. The molecule has 120 valence electrons. The molecule has 0 saturated carbocycles. The van der Waals surface area contributed by atoms with Gasteiger partial charge in [0.25, 0.3) is 0 Å². The van der Waals surface area contributed by atoms with Crippen molar-refractivity contribution in [3.63, 3.8) is 0 Å². The molecule has 3 N–H and O–H groups in total. The van der Waals surface area contributed by atoms with Gasteiger partial charge in [-0.25, -0.2) is 4.79 Å². The third-order valence-corrected chi connectivity index (χ3v) is 3.50. The molecular weight excluding hydrogens is 278 g/mol. The normalized spacial score (nSPS) is 22.9. The number of hydrogen-bond donors (Lipinski definition) is 3. The Kier molecular flexibility index (Phi) is 5.95. The number of nitrogens with one attached hydrogen (secondary N) is 2. The number of alkyl carbamates (subject to hydrolysis) is 1. The van der Waals surface area contributed by atoms with Gasteiger partial charge in [-0.2, -0.15) is 0 Å². The van der Waals surface area contributed by atoms with Gasteiger partial charge in [0, 0.05) is 20.0 Å². The van der Waals surface area contributed by atoms with Crippen molar-refractivity contribution in [3.05, 3.63) is 0 Å². The van der Waals surface area contributed by atoms with E-state index in [9.17, 15) is 19.5 Å². The minimum absolute atomic E-state index is 0.0724. The predicted octanol–water partition coefficient (Wildman–Crippen LogP) is -0.925. The molecule has 1 aliphatic heterocycles. The van der Waals surface area contributed by atoms with Gasteiger partial charge < -0.3 is 25.4 Å². The molecular formula is C13H23N3O5. The van der Waals surface area contributed by atoms with Gasteiger partial charge in [0.1, 0.15) is 12.1 Å². The highest BCUT2D eigenvalue weighted by atomic mass is 16.5. The molecule has 1 heterocycles. The topological polar surface area (TPSA) is 108 Å². The van der Waals surface area contributed by atoms with Crippen molar-refractivity contribution in [1.29, 1.82) is 0 Å². The number of likely N-dealkylation sites (tertiary alicyclic amines) is 1. The summed E-state index contributed by atoms with van der Waals surface area (Å²) in [5.74, 6) is -0.916. The maximum absolute atomic E-state index is 12.6. The second kappa shape index (κ2) is 7.26. The van der Waals surface area contributed by atoms with E-state index in [-0.39, 0.29) is 24.8 Å². The van der Waals surface area contributed by atoms with Crippen LogP contribution in [0.1, 0.15) is 20.3 Å². The summed E-state index contributed by atoms with van der Waals surface area (Å²) in [4.78, 5) is 37.1. The average molecular weight is 301 g/mol. The number of likely N-dealkylation sites (N-methyl/N-ethyl adjacent to an activating group) is 1. The zero-order chi connectivity index (χ0) is 16.2. The van der Waals surface area contributed by atoms with E-state index in [0.29, 0.717) is 0 Å². The Labute approximate surface area is 123 Å². The fourth-order valence-corrected chi connectivity index (χ4v) is 2.35. The summed E-state index contributed by atoms with van der Waals surface area (Å²) in [5, 5.41) is 14.7. The van der Waals surface area contributed by atoms with Gasteiger partial charge in [0.05, 0.1) is 13.2 Å². The van der Waals surface area contributed by atoms with Crippen LogP contribution < -0.4 is 10.6 Å². The van der Waals surface area contributed by atoms with Crippen molar-refractivity contribution < 1.29 is 24.2 Å². The zero-order valence-corrected chi connectivity index (χ0v) is 12.8. The number of ether oxygens (including phenoxy) is 1. The fraction of sp³-hybridized carbons (Fsp3) is 0.769. The number of nitrogens with zero attached hydrogens (tertiary/aromatic N) is 1. The Bertz CT molecular complexity index is 413. The van der Waals surface area contributed by atoms with Crippen LogP contribution in [0.2, 0.25) is 0 Å². The van der Waals surface area contributed by atoms with Gasteiger partial charge in [-0.1, -0.05) is 13.8 Å². The van der Waals surface area contributed by atoms with E-state index < -0.39 is 30.2 Å². The standard InChI is InChI=1S/C13H23N3O5/c1-7(2)10(15-13(20)21-4)12(19)16-6-8(17)5-9(16)11(18)14-3/h7-10,17H,5-6H2,1-4H3,(H,14,18)(H,15,20). The molecule has 0 aromatic carbocycles. The summed E-state index contributed by atoms with van der Waals surface area (Å²) in [6.45, 7) is 3.63. The first kappa shape index (κ1) is 17.2. The summed E-state index contributed by atoms with van der Waals surface area (Å²) in [6.07, 6.45) is -1.27. The van der Waals surface area contributed by atoms with Gasteiger partial charge >= 0.3 is 6.09 Å². The molecule has 21 heavy (non-hydrogen) atoms. The number of aliphatic hydroxyl groups excluding tert-OH is 1. The fourth-order valence-electron chi connectivity index (χ4n) is 2.35. The first-order valence-corrected chi connectivity index (χ1v) is 6.86. The average Bonchev–Trinajstić information content (AvgIpc) is 2.84. The highest BCUT2D eigenvalue weighted by molar-refractivity contribution is 5.92. The number of hydrogen-bond acceptors (Lipinski definition) is 5. The van der Waals surface area contributed by atoms with Crippen LogP contribution in [0.5, 0.6) is 0 Å². The number of amides is 3. The van der Waals surface area contributed by atoms with E-state index in [2.05, 4.69) is 15.4 Å². The molecule has 0 aromatic heterocycles. The lowest BCUT2D eigenvalue weighted by Gasteiger charge is -2.29. The first-order valence-electron chi connectivity index (χ1n) is 6.86. The van der Waals surface area contributed by atoms with E-state index in [4.69, 9.17) is 0 Å². The van der Waals surface area contributed by atoms with Crippen molar-refractivity contribution in [2.45, 2.75) is 38.5 Å². The number of aliphatic hydroxyl groups is 1. The lowest BCUT2D eigenvalue weighted by Crippen LogP contribution is -2.55. The molecule has 0 bridgehead atoms. The van der Waals surface area contributed by atoms with Crippen LogP contribution in [0.3, 0.4) is 0 Å². The molecule has 0 radical (unpaired) electrons. The minimum Gasteiger partial charge on any atom is -0.453 e. The van der Waals surface area contributed by atoms with E-state index >= 15 is 0 Å². The minimum atomic E-state index is -0.810. The van der Waals surface area contributed by atoms with Crippen LogP contribution in [-0.4, -0.2) is 66.8 Å². The van der Waals surface area contributed by atoms with Gasteiger partial charge in [-0.3, -0.25) is 9.59 Å². The van der Waals surface area contributed by atoms with E-state index in [1.165, 1.54) is 19.1 Å². The summed E-state index contributed by atoms with van der Waals surface area (Å²) in [7, 11) is 2.69. The van der Waals surface area contributed by atoms with Gasteiger partial charge in [-0.15, -0.1) is 0 Å². The zero-order valence-electron chi connectivity index (χ0n) is 12.8. The smallest absolute Gasteiger partial charge is 0.407 e. The third-order valence-electron chi connectivity index (χ3n) is 3.50. The summed E-state index contributed by atoms with van der Waals surface area (Å²) >= 11 is 0. The van der Waals surface area contributed by atoms with E-state index in [0.717, 1.165) is 0 Å². The summed E-state index contributed by atoms with van der Waals surface area (Å²) < 4.78 is 4.51. The molecule has 1 aliphatic rings. The predicted molar refractivity (Wildman–Crippen MR) is 74.4 cm³/mol. The van der Waals surface area contributed by atoms with Crippen LogP contribution >= 0.6 is 0 Å². The SMILES string of the molecule is CNC(=O)C1CC(O)CN1C(=O)C(NC(=O)OC)C(C)C. The molecule has 3 unspecified atom stereocenters. The third kappa shape index (κ3) is 4.07. The first-order chi connectivity index (χ1) is 9.81. The second-order valence-corrected chi connectivity index (χ2v) is 5.37. The lowest BCUT2D eigenvalue weighted by molar-refractivity contribution is -0.140. The quantitative estimate of drug-likeness (QED) is 0.622. The molecule has 1 saturated heterocycles. The van der Waals surface area contributed by atoms with Crippen molar-refractivity contribution >= 4 is 17.9 Å². The van der Waals surface area contributed by atoms with Crippen molar-refractivity contribution in [1.82, 2.24) is 15.5 Å². The molecule has 3 atom stereocenters. The summed E-state index contributed by atoms with van der Waals surface area (Å²) in [5.41, 5.74) is 0. The number of rotatable bonds is 4. The Balaban J connectivity index is 2.90. The molecule has 0 aliphatic carbocycles. The van der Waals surface area contributed by atoms with Crippen molar-refractivity contribution in [3.8, 4) is 0 Å². The number of carbonyl (C=O) groups excluding carboxylic acids is 3. The van der Waals surface area contributed by atoms with Crippen LogP contribution in [0, 0.1) is 5.92 Å². The molecule has 3 amide bonds. The van der Waals surface area contributed by atoms with E-state index in [1.54, 1.807) is 13.8 Å². The maximum atomic E-state index is 12.6. The van der Waals surface area contributed by atoms with E-state index in [1.807, 2.05) is 0 Å². The highest BCUT2D eigenvalue weighted by Crippen LogP contribution is 2.21. The van der Waals surface area contributed by atoms with Crippen molar-refractivity contribution in [2.24, 2.45) is 5.92 Å². The van der Waals surface area contributed by atoms with Gasteiger partial charge in [0.2, 0.25) is 11.8 Å². The van der Waals surface area contributed by atoms with Crippen LogP contribution in [0.25, 0.3) is 0 Å². The Hall–Kier alpha value is -1.83. The van der Waals surface area contributed by atoms with Crippen LogP contribution in [-0.2, 0) is 14.3 Å². The molecule has 0 spiro atoms. The largest absolute Gasteiger partial charge is 0.453 e. The van der Waals surface area contributed by atoms with Crippen LogP contribution in [0.4, 0.5) is 4.79 Å². The van der Waals surface area contributed by atoms with Crippen LogP contribution in [0.15, 0.2) is 0 Å². The Morgan fingerprint density at radius 2 is 1.95 bits per heavy atom. The Morgan fingerprint density at radius 3 is 2.43 bits per heavy atom. The molecule has 8 nitrogen and oxygen atoms in total. The molecule has 1 rings (SSSR count).